The minimum atomic E-state index is -0.132. The molecule has 38 valence electrons. The molecule has 0 saturated carbocycles. The zero-order chi connectivity index (χ0) is 4.99. The van der Waals surface area contributed by atoms with E-state index in [1.807, 2.05) is 22.6 Å². The van der Waals surface area contributed by atoms with Gasteiger partial charge in [-0.3, -0.25) is 0 Å². The van der Waals surface area contributed by atoms with Crippen molar-refractivity contribution in [2.75, 3.05) is 0 Å². The Bertz CT molecular complexity index is 28.7. The maximum atomic E-state index is 8.54. The molecule has 0 radical (unpaired) electrons. The molecule has 0 aliphatic carbocycles. The third-order valence-electron chi connectivity index (χ3n) is 0.527. The van der Waals surface area contributed by atoms with E-state index in [1.165, 1.54) is 0 Å². The van der Waals surface area contributed by atoms with Gasteiger partial charge in [-0.25, -0.2) is 0 Å². The fourth-order valence-electron chi connectivity index (χ4n) is 0.238. The molecule has 0 amide bonds. The zero-order valence-electron chi connectivity index (χ0n) is 3.82. The Labute approximate surface area is 51.9 Å². The van der Waals surface area contributed by atoms with Crippen LogP contribution in [0.4, 0.5) is 0 Å². The Morgan fingerprint density at radius 3 is 2.33 bits per heavy atom. The van der Waals surface area contributed by atoms with Gasteiger partial charge in [0.25, 0.3) is 0 Å². The molecule has 1 N–H and O–H groups in total. The smallest absolute Gasteiger partial charge is 0.105 e. The quantitative estimate of drug-likeness (QED) is 0.529. The molecule has 6 heavy (non-hydrogen) atoms. The van der Waals surface area contributed by atoms with Gasteiger partial charge in [0.2, 0.25) is 0 Å². The van der Waals surface area contributed by atoms with Gasteiger partial charge in [-0.05, 0) is 6.42 Å². The minimum Gasteiger partial charge on any atom is -0.383 e. The maximum absolute atomic E-state index is 8.54. The Morgan fingerprint density at radius 1 is 1.83 bits per heavy atom. The van der Waals surface area contributed by atoms with Crippen LogP contribution < -0.4 is 0 Å². The highest BCUT2D eigenvalue weighted by Gasteiger charge is 1.89. The van der Waals surface area contributed by atoms with Crippen molar-refractivity contribution < 1.29 is 5.11 Å². The molecule has 1 nitrogen and oxygen atoms in total. The van der Waals surface area contributed by atoms with Crippen molar-refractivity contribution in [1.29, 1.82) is 0 Å². The fourth-order valence-corrected chi connectivity index (χ4v) is 0.861. The van der Waals surface area contributed by atoms with Crippen LogP contribution in [0.3, 0.4) is 0 Å². The van der Waals surface area contributed by atoms with E-state index in [4.69, 9.17) is 5.11 Å². The number of halogens is 1. The predicted molar refractivity (Wildman–Crippen MR) is 34.9 cm³/mol. The van der Waals surface area contributed by atoms with Crippen LogP contribution >= 0.6 is 22.6 Å². The average molecular weight is 200 g/mol. The SMILES string of the molecule is CCCC(O)I. The van der Waals surface area contributed by atoms with Crippen LogP contribution in [0.15, 0.2) is 0 Å². The zero-order valence-corrected chi connectivity index (χ0v) is 5.97. The lowest BCUT2D eigenvalue weighted by atomic mass is 10.4. The van der Waals surface area contributed by atoms with Crippen molar-refractivity contribution in [2.45, 2.75) is 23.9 Å². The summed E-state index contributed by atoms with van der Waals surface area (Å²) in [5.41, 5.74) is 0. The lowest BCUT2D eigenvalue weighted by Gasteiger charge is -1.93. The van der Waals surface area contributed by atoms with Crippen LogP contribution in [0.25, 0.3) is 0 Å². The van der Waals surface area contributed by atoms with Crippen molar-refractivity contribution >= 4 is 22.6 Å². The van der Waals surface area contributed by atoms with E-state index < -0.39 is 0 Å². The molecule has 2 heteroatoms. The van der Waals surface area contributed by atoms with E-state index in [-0.39, 0.29) is 4.11 Å². The molecule has 0 spiro atoms. The van der Waals surface area contributed by atoms with E-state index in [0.29, 0.717) is 0 Å². The largest absolute Gasteiger partial charge is 0.383 e. The van der Waals surface area contributed by atoms with Crippen molar-refractivity contribution in [1.82, 2.24) is 0 Å². The summed E-state index contributed by atoms with van der Waals surface area (Å²) in [6.07, 6.45) is 1.99. The van der Waals surface area contributed by atoms with Crippen LogP contribution in [-0.2, 0) is 0 Å². The van der Waals surface area contributed by atoms with Gasteiger partial charge >= 0.3 is 0 Å². The lowest BCUT2D eigenvalue weighted by molar-refractivity contribution is 0.267. The molecular weight excluding hydrogens is 191 g/mol. The van der Waals surface area contributed by atoms with E-state index in [0.717, 1.165) is 12.8 Å². The third-order valence-corrected chi connectivity index (χ3v) is 1.15. The van der Waals surface area contributed by atoms with Gasteiger partial charge < -0.3 is 5.11 Å². The highest BCUT2D eigenvalue weighted by atomic mass is 127. The van der Waals surface area contributed by atoms with Gasteiger partial charge in [0.05, 0.1) is 0 Å². The highest BCUT2D eigenvalue weighted by molar-refractivity contribution is 14.1. The fraction of sp³-hybridized carbons (Fsp3) is 1.00. The summed E-state index contributed by atoms with van der Waals surface area (Å²) >= 11 is 2.00. The first-order chi connectivity index (χ1) is 2.77. The molecule has 0 saturated heterocycles. The first-order valence-corrected chi connectivity index (χ1v) is 3.34. The summed E-state index contributed by atoms with van der Waals surface area (Å²) in [5.74, 6) is 0. The molecule has 0 aliphatic rings. The molecule has 0 aromatic carbocycles. The second-order valence-electron chi connectivity index (χ2n) is 1.22. The first-order valence-electron chi connectivity index (χ1n) is 2.09. The van der Waals surface area contributed by atoms with Gasteiger partial charge in [-0.1, -0.05) is 35.9 Å². The molecule has 0 fully saturated rings. The summed E-state index contributed by atoms with van der Waals surface area (Å²) in [6, 6.07) is 0. The molecule has 0 aromatic rings. The second kappa shape index (κ2) is 3.87. The van der Waals surface area contributed by atoms with Crippen molar-refractivity contribution in [2.24, 2.45) is 0 Å². The number of hydrogen-bond donors (Lipinski definition) is 1. The molecule has 0 aliphatic heterocycles. The summed E-state index contributed by atoms with van der Waals surface area (Å²) in [6.45, 7) is 2.06. The molecule has 1 atom stereocenters. The topological polar surface area (TPSA) is 20.2 Å². The number of aliphatic hydroxyl groups is 1. The average Bonchev–Trinajstić information content (AvgIpc) is 1.35. The van der Waals surface area contributed by atoms with Gasteiger partial charge in [-0.15, -0.1) is 0 Å². The van der Waals surface area contributed by atoms with E-state index in [9.17, 15) is 0 Å². The molecule has 0 aromatic heterocycles. The highest BCUT2D eigenvalue weighted by Crippen LogP contribution is 2.01. The van der Waals surface area contributed by atoms with Gasteiger partial charge in [0.15, 0.2) is 0 Å². The van der Waals surface area contributed by atoms with E-state index in [2.05, 4.69) is 6.92 Å². The Kier molecular flexibility index (Phi) is 4.31. The van der Waals surface area contributed by atoms with E-state index >= 15 is 0 Å². The summed E-state index contributed by atoms with van der Waals surface area (Å²) in [4.78, 5) is 0. The summed E-state index contributed by atoms with van der Waals surface area (Å²) < 4.78 is -0.132. The van der Waals surface area contributed by atoms with Crippen LogP contribution in [0.2, 0.25) is 0 Å². The van der Waals surface area contributed by atoms with Gasteiger partial charge in [0, 0.05) is 0 Å². The molecule has 1 unspecified atom stereocenters. The number of alkyl halides is 1. The first kappa shape index (κ1) is 6.69. The number of rotatable bonds is 2. The Hall–Kier alpha value is 0.690. The monoisotopic (exact) mass is 200 g/mol. The molecular formula is C4H9IO. The second-order valence-corrected chi connectivity index (χ2v) is 2.66. The molecule has 0 heterocycles. The van der Waals surface area contributed by atoms with Crippen LogP contribution in [0.5, 0.6) is 0 Å². The van der Waals surface area contributed by atoms with E-state index in [1.54, 1.807) is 0 Å². The van der Waals surface area contributed by atoms with Crippen molar-refractivity contribution in [3.8, 4) is 0 Å². The summed E-state index contributed by atoms with van der Waals surface area (Å²) in [5, 5.41) is 8.54. The van der Waals surface area contributed by atoms with Crippen LogP contribution in [0.1, 0.15) is 19.8 Å². The lowest BCUT2D eigenvalue weighted by Crippen LogP contribution is -1.90. The van der Waals surface area contributed by atoms with Gasteiger partial charge in [0.1, 0.15) is 4.11 Å². The van der Waals surface area contributed by atoms with Crippen LogP contribution in [-0.4, -0.2) is 9.22 Å². The van der Waals surface area contributed by atoms with Crippen molar-refractivity contribution in [3.63, 3.8) is 0 Å². The van der Waals surface area contributed by atoms with Gasteiger partial charge in [-0.2, -0.15) is 0 Å². The number of hydrogen-bond acceptors (Lipinski definition) is 1. The van der Waals surface area contributed by atoms with Crippen molar-refractivity contribution in [3.05, 3.63) is 0 Å². The Morgan fingerprint density at radius 2 is 2.33 bits per heavy atom. The maximum Gasteiger partial charge on any atom is 0.105 e. The normalized spacial score (nSPS) is 14.5. The van der Waals surface area contributed by atoms with Crippen LogP contribution in [0, 0.1) is 0 Å². The third kappa shape index (κ3) is 4.69. The molecule has 0 bridgehead atoms. The number of aliphatic hydroxyl groups excluding tert-OH is 1. The minimum absolute atomic E-state index is 0.132. The summed E-state index contributed by atoms with van der Waals surface area (Å²) in [7, 11) is 0. The Balaban J connectivity index is 2.63. The predicted octanol–water partition coefficient (Wildman–Crippen LogP) is 1.54. The standard InChI is InChI=1S/C4H9IO/c1-2-3-4(5)6/h4,6H,2-3H2,1H3. The molecule has 0 rings (SSSR count).